The molecule has 164 valence electrons. The van der Waals surface area contributed by atoms with Crippen molar-refractivity contribution in [3.8, 4) is 10.6 Å². The summed E-state index contributed by atoms with van der Waals surface area (Å²) in [6, 6.07) is 7.34. The van der Waals surface area contributed by atoms with Crippen LogP contribution in [0.4, 0.5) is 5.13 Å². The minimum Gasteiger partial charge on any atom is -0.368 e. The second-order valence-electron chi connectivity index (χ2n) is 9.13. The van der Waals surface area contributed by atoms with E-state index in [0.29, 0.717) is 18.1 Å². The van der Waals surface area contributed by atoms with Gasteiger partial charge in [-0.2, -0.15) is 0 Å². The van der Waals surface area contributed by atoms with Gasteiger partial charge < -0.3 is 16.0 Å². The minimum absolute atomic E-state index is 0.0939. The lowest BCUT2D eigenvalue weighted by Gasteiger charge is -2.35. The van der Waals surface area contributed by atoms with Gasteiger partial charge in [0.25, 0.3) is 0 Å². The summed E-state index contributed by atoms with van der Waals surface area (Å²) in [7, 11) is 0. The highest BCUT2D eigenvalue weighted by Crippen LogP contribution is 2.39. The van der Waals surface area contributed by atoms with Crippen LogP contribution in [0.2, 0.25) is 0 Å². The number of amides is 2. The highest BCUT2D eigenvalue weighted by Gasteiger charge is 2.40. The van der Waals surface area contributed by atoms with Crippen molar-refractivity contribution in [2.75, 3.05) is 11.9 Å². The van der Waals surface area contributed by atoms with Crippen LogP contribution in [0.15, 0.2) is 29.6 Å². The number of thiazole rings is 1. The molecule has 31 heavy (non-hydrogen) atoms. The van der Waals surface area contributed by atoms with Gasteiger partial charge in [0.1, 0.15) is 12.1 Å². The van der Waals surface area contributed by atoms with Gasteiger partial charge in [-0.25, -0.2) is 4.98 Å². The molecule has 0 radical (unpaired) electrons. The van der Waals surface area contributed by atoms with Gasteiger partial charge in [0.2, 0.25) is 11.8 Å². The van der Waals surface area contributed by atoms with Crippen LogP contribution in [-0.4, -0.2) is 40.3 Å². The number of nitrogens with two attached hydrogens (primary N) is 1. The molecule has 1 aliphatic rings. The summed E-state index contributed by atoms with van der Waals surface area (Å²) in [4.78, 5) is 32.8. The van der Waals surface area contributed by atoms with Crippen molar-refractivity contribution in [2.45, 2.75) is 52.6 Å². The summed E-state index contributed by atoms with van der Waals surface area (Å²) < 4.78 is 1.24. The van der Waals surface area contributed by atoms with Crippen molar-refractivity contribution in [3.05, 3.63) is 35.2 Å². The van der Waals surface area contributed by atoms with E-state index in [1.807, 2.05) is 32.2 Å². The van der Waals surface area contributed by atoms with E-state index in [1.54, 1.807) is 16.2 Å². The van der Waals surface area contributed by atoms with Crippen LogP contribution in [0, 0.1) is 12.3 Å². The first kappa shape index (κ1) is 21.8. The molecule has 1 fully saturated rings. The van der Waals surface area contributed by atoms with Gasteiger partial charge in [0, 0.05) is 16.6 Å². The third-order valence-corrected chi connectivity index (χ3v) is 7.89. The van der Waals surface area contributed by atoms with Gasteiger partial charge in [0.05, 0.1) is 10.6 Å². The molecule has 1 saturated heterocycles. The van der Waals surface area contributed by atoms with Crippen LogP contribution in [0.5, 0.6) is 0 Å². The van der Waals surface area contributed by atoms with Gasteiger partial charge in [-0.15, -0.1) is 22.7 Å². The molecule has 2 aromatic heterocycles. The number of anilines is 1. The maximum absolute atomic E-state index is 13.4. The second kappa shape index (κ2) is 8.24. The Labute approximate surface area is 190 Å². The molecule has 4 rings (SSSR count). The number of aryl methyl sites for hydroxylation is 1. The number of carbonyl (C=O) groups excluding carboxylic acids is 2. The van der Waals surface area contributed by atoms with Crippen molar-refractivity contribution in [2.24, 2.45) is 11.1 Å². The Bertz CT molecular complexity index is 1130. The zero-order valence-electron chi connectivity index (χ0n) is 18.3. The molecule has 8 heteroatoms. The molecule has 3 aromatic rings. The number of benzene rings is 1. The lowest BCUT2D eigenvalue weighted by Crippen LogP contribution is -2.53. The molecule has 2 atom stereocenters. The van der Waals surface area contributed by atoms with E-state index < -0.39 is 18.0 Å². The van der Waals surface area contributed by atoms with Gasteiger partial charge in [-0.3, -0.25) is 9.59 Å². The molecule has 0 saturated carbocycles. The van der Waals surface area contributed by atoms with E-state index in [2.05, 4.69) is 30.4 Å². The highest BCUT2D eigenvalue weighted by molar-refractivity contribution is 7.23. The predicted octanol–water partition coefficient (Wildman–Crippen LogP) is 4.64. The van der Waals surface area contributed by atoms with E-state index in [0.717, 1.165) is 17.0 Å². The third-order valence-electron chi connectivity index (χ3n) is 5.83. The molecule has 3 heterocycles. The average molecular weight is 457 g/mol. The summed E-state index contributed by atoms with van der Waals surface area (Å²) in [5.41, 5.74) is 7.32. The van der Waals surface area contributed by atoms with Crippen LogP contribution in [0.1, 0.15) is 39.2 Å². The fourth-order valence-corrected chi connectivity index (χ4v) is 6.10. The number of hydrogen-bond donors (Lipinski definition) is 2. The molecular formula is C23H28N4O2S2. The Morgan fingerprint density at radius 3 is 2.71 bits per heavy atom. The monoisotopic (exact) mass is 456 g/mol. The smallest absolute Gasteiger partial charge is 0.246 e. The van der Waals surface area contributed by atoms with E-state index in [1.165, 1.54) is 27.0 Å². The minimum atomic E-state index is -0.521. The summed E-state index contributed by atoms with van der Waals surface area (Å²) in [6.07, 6.45) is 1.42. The average Bonchev–Trinajstić information content (AvgIpc) is 3.44. The molecule has 0 unspecified atom stereocenters. The summed E-state index contributed by atoms with van der Waals surface area (Å²) in [6.45, 7) is 8.73. The number of carbonyl (C=O) groups is 2. The third kappa shape index (κ3) is 4.19. The maximum atomic E-state index is 13.4. The van der Waals surface area contributed by atoms with E-state index in [9.17, 15) is 9.59 Å². The Balaban J connectivity index is 1.60. The quantitative estimate of drug-likeness (QED) is 0.586. The number of hydrogen-bond acceptors (Lipinski definition) is 6. The molecule has 0 bridgehead atoms. The van der Waals surface area contributed by atoms with Crippen molar-refractivity contribution < 1.29 is 9.59 Å². The van der Waals surface area contributed by atoms with Crippen molar-refractivity contribution >= 4 is 49.7 Å². The maximum Gasteiger partial charge on any atom is 0.246 e. The Morgan fingerprint density at radius 1 is 1.29 bits per heavy atom. The second-order valence-corrected chi connectivity index (χ2v) is 11.0. The number of rotatable bonds is 5. The van der Waals surface area contributed by atoms with Crippen molar-refractivity contribution in [1.29, 1.82) is 0 Å². The van der Waals surface area contributed by atoms with Gasteiger partial charge in [-0.05, 0) is 42.2 Å². The van der Waals surface area contributed by atoms with Crippen molar-refractivity contribution in [1.82, 2.24) is 9.88 Å². The standard InChI is InChI=1S/C23H28N4O2S2/c1-13-14-8-5-6-10-17(14)31-18(13)15-12-30-22(25-15)26-19(23(2,3)4)21(29)27-11-7-9-16(27)20(24)28/h5-6,8,10,12,16,19H,7,9,11H2,1-4H3,(H2,24,28)(H,25,26)/t16-,19+/m0/s1. The number of thiophene rings is 1. The molecule has 0 spiro atoms. The van der Waals surface area contributed by atoms with Crippen LogP contribution in [0.3, 0.4) is 0 Å². The number of nitrogens with zero attached hydrogens (tertiary/aromatic N) is 2. The topological polar surface area (TPSA) is 88.3 Å². The zero-order valence-corrected chi connectivity index (χ0v) is 19.9. The molecule has 6 nitrogen and oxygen atoms in total. The predicted molar refractivity (Wildman–Crippen MR) is 128 cm³/mol. The number of primary amides is 1. The van der Waals surface area contributed by atoms with Crippen LogP contribution < -0.4 is 11.1 Å². The number of nitrogens with one attached hydrogen (secondary N) is 1. The van der Waals surface area contributed by atoms with Crippen LogP contribution in [0.25, 0.3) is 20.7 Å². The highest BCUT2D eigenvalue weighted by atomic mass is 32.1. The summed E-state index contributed by atoms with van der Waals surface area (Å²) in [5, 5.41) is 7.35. The summed E-state index contributed by atoms with van der Waals surface area (Å²) >= 11 is 3.23. The summed E-state index contributed by atoms with van der Waals surface area (Å²) in [5.74, 6) is -0.529. The van der Waals surface area contributed by atoms with Crippen LogP contribution in [-0.2, 0) is 9.59 Å². The molecule has 0 aliphatic carbocycles. The van der Waals surface area contributed by atoms with E-state index >= 15 is 0 Å². The molecule has 3 N–H and O–H groups in total. The Hall–Kier alpha value is -2.45. The lowest BCUT2D eigenvalue weighted by molar-refractivity contribution is -0.139. The molecule has 2 amide bonds. The molecule has 1 aliphatic heterocycles. The van der Waals surface area contributed by atoms with Crippen molar-refractivity contribution in [3.63, 3.8) is 0 Å². The molecule has 1 aromatic carbocycles. The molecular weight excluding hydrogens is 428 g/mol. The zero-order chi connectivity index (χ0) is 22.3. The number of fused-ring (bicyclic) bond motifs is 1. The lowest BCUT2D eigenvalue weighted by atomic mass is 9.85. The fourth-order valence-electron chi connectivity index (χ4n) is 4.13. The van der Waals surface area contributed by atoms with Gasteiger partial charge >= 0.3 is 0 Å². The van der Waals surface area contributed by atoms with Gasteiger partial charge in [0.15, 0.2) is 5.13 Å². The first-order valence-electron chi connectivity index (χ1n) is 10.5. The first-order valence-corrected chi connectivity index (χ1v) is 12.2. The van der Waals surface area contributed by atoms with E-state index in [4.69, 9.17) is 10.7 Å². The van der Waals surface area contributed by atoms with Crippen LogP contribution >= 0.6 is 22.7 Å². The SMILES string of the molecule is Cc1c(-c2csc(N[C@H](C(=O)N3CCC[C@H]3C(N)=O)C(C)(C)C)n2)sc2ccccc12. The largest absolute Gasteiger partial charge is 0.368 e. The Morgan fingerprint density at radius 2 is 2.03 bits per heavy atom. The number of aromatic nitrogens is 1. The van der Waals surface area contributed by atoms with Gasteiger partial charge in [-0.1, -0.05) is 39.0 Å². The fraction of sp³-hybridized carbons (Fsp3) is 0.435. The first-order chi connectivity index (χ1) is 14.7. The number of likely N-dealkylation sites (tertiary alicyclic amines) is 1. The van der Waals surface area contributed by atoms with E-state index in [-0.39, 0.29) is 11.3 Å². The normalized spacial score (nSPS) is 17.8. The Kier molecular flexibility index (Phi) is 5.79.